The Balaban J connectivity index is 2.29. The molecule has 0 saturated carbocycles. The average Bonchev–Trinajstić information content (AvgIpc) is 2.41. The van der Waals surface area contributed by atoms with Crippen LogP contribution in [0.5, 0.6) is 0 Å². The molecular formula is C14H21FN2O2S. The Labute approximate surface area is 124 Å². The molecule has 6 heteroatoms. The maximum atomic E-state index is 13.6. The van der Waals surface area contributed by atoms with Gasteiger partial charge >= 0.3 is 0 Å². The number of halogens is 1. The standard InChI is InChI=1S/C14H21FN2O2S/c1-18-9-10-19-8-3-2-7-17-12-6-4-5-11(15)13(12)14(16)20/h4-6,17H,2-3,7-10H2,1H3,(H2,16,20). The highest BCUT2D eigenvalue weighted by Gasteiger charge is 2.10. The van der Waals surface area contributed by atoms with Gasteiger partial charge in [0.1, 0.15) is 10.8 Å². The van der Waals surface area contributed by atoms with Gasteiger partial charge < -0.3 is 20.5 Å². The molecule has 0 unspecified atom stereocenters. The summed E-state index contributed by atoms with van der Waals surface area (Å²) in [5.41, 5.74) is 6.45. The van der Waals surface area contributed by atoms with Gasteiger partial charge in [0.2, 0.25) is 0 Å². The highest BCUT2D eigenvalue weighted by Crippen LogP contribution is 2.18. The fraction of sp³-hybridized carbons (Fsp3) is 0.500. The summed E-state index contributed by atoms with van der Waals surface area (Å²) in [6.45, 7) is 2.63. The van der Waals surface area contributed by atoms with Gasteiger partial charge in [0.25, 0.3) is 0 Å². The normalized spacial score (nSPS) is 10.5. The van der Waals surface area contributed by atoms with Crippen LogP contribution in [-0.4, -0.2) is 38.5 Å². The molecule has 0 aliphatic heterocycles. The lowest BCUT2D eigenvalue weighted by Crippen LogP contribution is -2.16. The molecule has 0 atom stereocenters. The molecule has 0 saturated heterocycles. The smallest absolute Gasteiger partial charge is 0.135 e. The van der Waals surface area contributed by atoms with Gasteiger partial charge in [0.15, 0.2) is 0 Å². The zero-order valence-electron chi connectivity index (χ0n) is 11.7. The van der Waals surface area contributed by atoms with E-state index in [1.165, 1.54) is 6.07 Å². The summed E-state index contributed by atoms with van der Waals surface area (Å²) in [7, 11) is 1.64. The van der Waals surface area contributed by atoms with E-state index in [2.05, 4.69) is 5.32 Å². The second kappa shape index (κ2) is 9.63. The van der Waals surface area contributed by atoms with Gasteiger partial charge in [-0.1, -0.05) is 18.3 Å². The van der Waals surface area contributed by atoms with Crippen LogP contribution >= 0.6 is 12.2 Å². The van der Waals surface area contributed by atoms with Crippen molar-refractivity contribution in [2.45, 2.75) is 12.8 Å². The lowest BCUT2D eigenvalue weighted by Gasteiger charge is -2.11. The van der Waals surface area contributed by atoms with Crippen molar-refractivity contribution in [3.63, 3.8) is 0 Å². The van der Waals surface area contributed by atoms with Crippen LogP contribution < -0.4 is 11.1 Å². The second-order valence-electron chi connectivity index (χ2n) is 4.27. The van der Waals surface area contributed by atoms with Crippen LogP contribution in [-0.2, 0) is 9.47 Å². The van der Waals surface area contributed by atoms with E-state index in [0.29, 0.717) is 32.1 Å². The van der Waals surface area contributed by atoms with Gasteiger partial charge in [-0.2, -0.15) is 0 Å². The number of benzene rings is 1. The number of methoxy groups -OCH3 is 1. The minimum atomic E-state index is -0.398. The van der Waals surface area contributed by atoms with Crippen LogP contribution in [0.2, 0.25) is 0 Å². The molecule has 0 fully saturated rings. The molecule has 0 aromatic heterocycles. The molecule has 0 heterocycles. The van der Waals surface area contributed by atoms with Crippen molar-refractivity contribution in [1.82, 2.24) is 0 Å². The van der Waals surface area contributed by atoms with Crippen molar-refractivity contribution in [1.29, 1.82) is 0 Å². The van der Waals surface area contributed by atoms with Gasteiger partial charge in [-0.05, 0) is 25.0 Å². The van der Waals surface area contributed by atoms with Crippen molar-refractivity contribution in [2.24, 2.45) is 5.73 Å². The van der Waals surface area contributed by atoms with Crippen molar-refractivity contribution in [3.05, 3.63) is 29.6 Å². The van der Waals surface area contributed by atoms with E-state index in [9.17, 15) is 4.39 Å². The van der Waals surface area contributed by atoms with Crippen molar-refractivity contribution >= 4 is 22.9 Å². The van der Waals surface area contributed by atoms with Crippen LogP contribution in [0.4, 0.5) is 10.1 Å². The molecule has 3 N–H and O–H groups in total. The number of hydrogen-bond donors (Lipinski definition) is 2. The van der Waals surface area contributed by atoms with Gasteiger partial charge in [0.05, 0.1) is 18.8 Å². The van der Waals surface area contributed by atoms with Crippen LogP contribution in [0.25, 0.3) is 0 Å². The van der Waals surface area contributed by atoms with Crippen LogP contribution in [0.15, 0.2) is 18.2 Å². The maximum absolute atomic E-state index is 13.6. The number of unbranched alkanes of at least 4 members (excludes halogenated alkanes) is 1. The third-order valence-electron chi connectivity index (χ3n) is 2.72. The summed E-state index contributed by atoms with van der Waals surface area (Å²) in [6, 6.07) is 4.75. The number of nitrogens with two attached hydrogens (primary N) is 1. The van der Waals surface area contributed by atoms with E-state index in [-0.39, 0.29) is 10.6 Å². The first kappa shape index (κ1) is 16.8. The Morgan fingerprint density at radius 1 is 1.30 bits per heavy atom. The summed E-state index contributed by atoms with van der Waals surface area (Å²) in [6.07, 6.45) is 1.84. The number of nitrogens with one attached hydrogen (secondary N) is 1. The monoisotopic (exact) mass is 300 g/mol. The van der Waals surface area contributed by atoms with Crippen molar-refractivity contribution in [2.75, 3.05) is 38.8 Å². The predicted octanol–water partition coefficient (Wildman–Crippen LogP) is 2.31. The molecule has 1 rings (SSSR count). The zero-order valence-corrected chi connectivity index (χ0v) is 12.5. The minimum Gasteiger partial charge on any atom is -0.389 e. The fourth-order valence-electron chi connectivity index (χ4n) is 1.72. The second-order valence-corrected chi connectivity index (χ2v) is 4.71. The average molecular weight is 300 g/mol. The Bertz CT molecular complexity index is 430. The number of rotatable bonds is 10. The quantitative estimate of drug-likeness (QED) is 0.513. The molecular weight excluding hydrogens is 279 g/mol. The molecule has 112 valence electrons. The third-order valence-corrected chi connectivity index (χ3v) is 2.93. The fourth-order valence-corrected chi connectivity index (χ4v) is 1.93. The van der Waals surface area contributed by atoms with Gasteiger partial charge in [0, 0.05) is 25.9 Å². The molecule has 0 amide bonds. The van der Waals surface area contributed by atoms with Crippen molar-refractivity contribution < 1.29 is 13.9 Å². The van der Waals surface area contributed by atoms with Crippen LogP contribution in [0.3, 0.4) is 0 Å². The van der Waals surface area contributed by atoms with Crippen molar-refractivity contribution in [3.8, 4) is 0 Å². The molecule has 1 aromatic rings. The lowest BCUT2D eigenvalue weighted by atomic mass is 10.1. The topological polar surface area (TPSA) is 56.5 Å². The van der Waals surface area contributed by atoms with E-state index in [1.54, 1.807) is 19.2 Å². The van der Waals surface area contributed by atoms with Crippen LogP contribution in [0.1, 0.15) is 18.4 Å². The highest BCUT2D eigenvalue weighted by atomic mass is 32.1. The molecule has 20 heavy (non-hydrogen) atoms. The third kappa shape index (κ3) is 5.81. The van der Waals surface area contributed by atoms with Crippen LogP contribution in [0, 0.1) is 5.82 Å². The first-order valence-corrected chi connectivity index (χ1v) is 6.96. The molecule has 0 spiro atoms. The zero-order chi connectivity index (χ0) is 14.8. The molecule has 0 radical (unpaired) electrons. The van der Waals surface area contributed by atoms with E-state index >= 15 is 0 Å². The summed E-state index contributed by atoms with van der Waals surface area (Å²) in [5, 5.41) is 3.15. The summed E-state index contributed by atoms with van der Waals surface area (Å²) >= 11 is 4.86. The van der Waals surface area contributed by atoms with E-state index in [4.69, 9.17) is 27.4 Å². The molecule has 0 aliphatic rings. The van der Waals surface area contributed by atoms with Gasteiger partial charge in [-0.3, -0.25) is 0 Å². The number of thiocarbonyl (C=S) groups is 1. The first-order valence-electron chi connectivity index (χ1n) is 6.55. The Kier molecular flexibility index (Phi) is 8.10. The van der Waals surface area contributed by atoms with Gasteiger partial charge in [-0.25, -0.2) is 4.39 Å². The largest absolute Gasteiger partial charge is 0.389 e. The molecule has 4 nitrogen and oxygen atoms in total. The molecule has 0 bridgehead atoms. The predicted molar refractivity (Wildman–Crippen MR) is 82.7 cm³/mol. The molecule has 1 aromatic carbocycles. The van der Waals surface area contributed by atoms with E-state index < -0.39 is 5.82 Å². The lowest BCUT2D eigenvalue weighted by molar-refractivity contribution is 0.0691. The summed E-state index contributed by atoms with van der Waals surface area (Å²) < 4.78 is 23.8. The van der Waals surface area contributed by atoms with E-state index in [0.717, 1.165) is 12.8 Å². The highest BCUT2D eigenvalue weighted by molar-refractivity contribution is 7.80. The number of anilines is 1. The SMILES string of the molecule is COCCOCCCCNc1cccc(F)c1C(N)=S. The first-order chi connectivity index (χ1) is 9.66. The Morgan fingerprint density at radius 3 is 2.80 bits per heavy atom. The Hall–Kier alpha value is -1.24. The minimum absolute atomic E-state index is 0.0634. The summed E-state index contributed by atoms with van der Waals surface area (Å²) in [5.74, 6) is -0.398. The maximum Gasteiger partial charge on any atom is 0.135 e. The van der Waals surface area contributed by atoms with Gasteiger partial charge in [-0.15, -0.1) is 0 Å². The summed E-state index contributed by atoms with van der Waals surface area (Å²) in [4.78, 5) is 0.0634. The Morgan fingerprint density at radius 2 is 2.10 bits per heavy atom. The van der Waals surface area contributed by atoms with E-state index in [1.807, 2.05) is 0 Å². The molecule has 0 aliphatic carbocycles. The number of ether oxygens (including phenoxy) is 2. The number of hydrogen-bond acceptors (Lipinski definition) is 4.